The molecule has 2 aromatic rings. The molecule has 0 saturated carbocycles. The molecule has 1 atom stereocenters. The third-order valence-corrected chi connectivity index (χ3v) is 4.20. The molecule has 0 aliphatic carbocycles. The first-order valence-electron chi connectivity index (χ1n) is 8.11. The first-order valence-corrected chi connectivity index (χ1v) is 8.52. The molecule has 1 saturated heterocycles. The van der Waals surface area contributed by atoms with Crippen LogP contribution in [-0.4, -0.2) is 29.0 Å². The van der Waals surface area contributed by atoms with Crippen LogP contribution < -0.4 is 15.6 Å². The number of hydrazone groups is 1. The lowest BCUT2D eigenvalue weighted by atomic mass is 10.1. The predicted molar refractivity (Wildman–Crippen MR) is 105 cm³/mol. The standard InChI is InChI=1S/C19H16N4O3S/c1-12-7-9-14(10-8-12)23-18(26)15(17(25)21-19(23)27)11-20-22-16(24)13-5-3-2-4-6-13/h2-11,15H,1H3,(H,22,24)(H,21,25,27)/b20-11+/t15-/m1/s1. The average Bonchev–Trinajstić information content (AvgIpc) is 2.66. The van der Waals surface area contributed by atoms with E-state index in [4.69, 9.17) is 12.2 Å². The monoisotopic (exact) mass is 380 g/mol. The smallest absolute Gasteiger partial charge is 0.271 e. The van der Waals surface area contributed by atoms with Gasteiger partial charge in [-0.05, 0) is 43.4 Å². The highest BCUT2D eigenvalue weighted by Gasteiger charge is 2.38. The second kappa shape index (κ2) is 7.88. The van der Waals surface area contributed by atoms with Gasteiger partial charge in [-0.15, -0.1) is 0 Å². The number of thiocarbonyl (C=S) groups is 1. The fourth-order valence-corrected chi connectivity index (χ4v) is 2.78. The van der Waals surface area contributed by atoms with Crippen molar-refractivity contribution in [3.05, 3.63) is 65.7 Å². The van der Waals surface area contributed by atoms with E-state index in [1.165, 1.54) is 4.90 Å². The molecule has 8 heteroatoms. The van der Waals surface area contributed by atoms with Gasteiger partial charge >= 0.3 is 0 Å². The van der Waals surface area contributed by atoms with Crippen LogP contribution in [0, 0.1) is 12.8 Å². The Morgan fingerprint density at radius 3 is 2.48 bits per heavy atom. The first kappa shape index (κ1) is 18.4. The van der Waals surface area contributed by atoms with Crippen LogP contribution in [-0.2, 0) is 9.59 Å². The average molecular weight is 380 g/mol. The molecule has 1 aliphatic rings. The number of carbonyl (C=O) groups is 3. The third-order valence-electron chi connectivity index (χ3n) is 3.92. The minimum Gasteiger partial charge on any atom is -0.301 e. The van der Waals surface area contributed by atoms with Gasteiger partial charge in [-0.25, -0.2) is 5.43 Å². The molecule has 1 heterocycles. The predicted octanol–water partition coefficient (Wildman–Crippen LogP) is 1.77. The fourth-order valence-electron chi connectivity index (χ4n) is 2.48. The highest BCUT2D eigenvalue weighted by Crippen LogP contribution is 2.20. The van der Waals surface area contributed by atoms with Crippen LogP contribution >= 0.6 is 12.2 Å². The Morgan fingerprint density at radius 2 is 1.81 bits per heavy atom. The molecule has 1 fully saturated rings. The van der Waals surface area contributed by atoms with E-state index >= 15 is 0 Å². The van der Waals surface area contributed by atoms with Crippen LogP contribution in [0.3, 0.4) is 0 Å². The zero-order chi connectivity index (χ0) is 19.4. The van der Waals surface area contributed by atoms with Crippen LogP contribution in [0.15, 0.2) is 59.7 Å². The SMILES string of the molecule is Cc1ccc(N2C(=O)[C@H](/C=N/NC(=O)c3ccccc3)C(=O)NC2=S)cc1. The second-order valence-electron chi connectivity index (χ2n) is 5.87. The van der Waals surface area contributed by atoms with Gasteiger partial charge in [0.2, 0.25) is 5.91 Å². The Morgan fingerprint density at radius 1 is 1.15 bits per heavy atom. The zero-order valence-electron chi connectivity index (χ0n) is 14.4. The van der Waals surface area contributed by atoms with Crippen molar-refractivity contribution in [1.29, 1.82) is 0 Å². The van der Waals surface area contributed by atoms with E-state index in [9.17, 15) is 14.4 Å². The van der Waals surface area contributed by atoms with Gasteiger partial charge in [-0.1, -0.05) is 35.9 Å². The number of aryl methyl sites for hydroxylation is 1. The maximum Gasteiger partial charge on any atom is 0.271 e. The highest BCUT2D eigenvalue weighted by molar-refractivity contribution is 7.80. The van der Waals surface area contributed by atoms with Gasteiger partial charge in [-0.3, -0.25) is 19.3 Å². The Balaban J connectivity index is 1.75. The Bertz CT molecular complexity index is 926. The van der Waals surface area contributed by atoms with Crippen LogP contribution in [0.25, 0.3) is 0 Å². The number of hydrogen-bond donors (Lipinski definition) is 2. The molecule has 0 radical (unpaired) electrons. The molecule has 2 N–H and O–H groups in total. The van der Waals surface area contributed by atoms with Crippen LogP contribution in [0.1, 0.15) is 15.9 Å². The quantitative estimate of drug-likeness (QED) is 0.366. The molecule has 3 rings (SSSR count). The lowest BCUT2D eigenvalue weighted by Crippen LogP contribution is -2.58. The summed E-state index contributed by atoms with van der Waals surface area (Å²) in [7, 11) is 0. The van der Waals surface area contributed by atoms with Gasteiger partial charge < -0.3 is 5.32 Å². The van der Waals surface area contributed by atoms with E-state index in [2.05, 4.69) is 15.8 Å². The topological polar surface area (TPSA) is 90.9 Å². The van der Waals surface area contributed by atoms with Gasteiger partial charge in [0.05, 0.1) is 5.69 Å². The minimum atomic E-state index is -1.20. The molecular formula is C19H16N4O3S. The first-order chi connectivity index (χ1) is 13.0. The minimum absolute atomic E-state index is 0.00632. The molecule has 0 aromatic heterocycles. The summed E-state index contributed by atoms with van der Waals surface area (Å²) in [5.74, 6) is -2.77. The Kier molecular flexibility index (Phi) is 5.37. The molecule has 2 aromatic carbocycles. The van der Waals surface area contributed by atoms with Crippen molar-refractivity contribution in [2.45, 2.75) is 6.92 Å². The largest absolute Gasteiger partial charge is 0.301 e. The maximum atomic E-state index is 12.8. The second-order valence-corrected chi connectivity index (χ2v) is 6.25. The normalized spacial score (nSPS) is 17.1. The molecule has 3 amide bonds. The third kappa shape index (κ3) is 4.06. The molecule has 1 aliphatic heterocycles. The van der Waals surface area contributed by atoms with E-state index in [1.807, 2.05) is 19.1 Å². The summed E-state index contributed by atoms with van der Waals surface area (Å²) in [6, 6.07) is 15.6. The molecule has 136 valence electrons. The number of anilines is 1. The molecular weight excluding hydrogens is 364 g/mol. The van der Waals surface area contributed by atoms with Gasteiger partial charge in [0.15, 0.2) is 11.0 Å². The van der Waals surface area contributed by atoms with Crippen LogP contribution in [0.5, 0.6) is 0 Å². The number of nitrogens with zero attached hydrogens (tertiary/aromatic N) is 2. The van der Waals surface area contributed by atoms with Crippen molar-refractivity contribution in [2.75, 3.05) is 4.90 Å². The molecule has 0 spiro atoms. The number of benzene rings is 2. The van der Waals surface area contributed by atoms with E-state index in [0.717, 1.165) is 11.8 Å². The summed E-state index contributed by atoms with van der Waals surface area (Å²) in [6.45, 7) is 1.92. The van der Waals surface area contributed by atoms with Crippen molar-refractivity contribution < 1.29 is 14.4 Å². The van der Waals surface area contributed by atoms with Gasteiger partial charge in [0.1, 0.15) is 0 Å². The maximum absolute atomic E-state index is 12.8. The zero-order valence-corrected chi connectivity index (χ0v) is 15.2. The van der Waals surface area contributed by atoms with E-state index in [1.54, 1.807) is 42.5 Å². The molecule has 0 bridgehead atoms. The Labute approximate surface area is 161 Å². The summed E-state index contributed by atoms with van der Waals surface area (Å²) < 4.78 is 0. The molecule has 7 nitrogen and oxygen atoms in total. The van der Waals surface area contributed by atoms with Crippen LogP contribution in [0.4, 0.5) is 5.69 Å². The summed E-state index contributed by atoms with van der Waals surface area (Å²) in [5.41, 5.74) is 4.29. The van der Waals surface area contributed by atoms with Gasteiger partial charge in [0, 0.05) is 11.8 Å². The van der Waals surface area contributed by atoms with E-state index < -0.39 is 23.6 Å². The lowest BCUT2D eigenvalue weighted by Gasteiger charge is -2.30. The summed E-state index contributed by atoms with van der Waals surface area (Å²) in [6.07, 6.45) is 1.10. The van der Waals surface area contributed by atoms with Crippen molar-refractivity contribution in [1.82, 2.24) is 10.7 Å². The Hall–Kier alpha value is -3.39. The summed E-state index contributed by atoms with van der Waals surface area (Å²) >= 11 is 5.13. The van der Waals surface area contributed by atoms with Crippen molar-refractivity contribution >= 4 is 47.0 Å². The van der Waals surface area contributed by atoms with Crippen molar-refractivity contribution in [2.24, 2.45) is 11.0 Å². The number of hydrogen-bond acceptors (Lipinski definition) is 5. The summed E-state index contributed by atoms with van der Waals surface area (Å²) in [4.78, 5) is 38.1. The lowest BCUT2D eigenvalue weighted by molar-refractivity contribution is -0.130. The van der Waals surface area contributed by atoms with Crippen molar-refractivity contribution in [3.8, 4) is 0 Å². The number of rotatable bonds is 4. The van der Waals surface area contributed by atoms with E-state index in [-0.39, 0.29) is 5.11 Å². The van der Waals surface area contributed by atoms with Gasteiger partial charge in [-0.2, -0.15) is 5.10 Å². The van der Waals surface area contributed by atoms with Crippen LogP contribution in [0.2, 0.25) is 0 Å². The summed E-state index contributed by atoms with van der Waals surface area (Å²) in [5, 5.41) is 6.26. The molecule has 0 unspecified atom stereocenters. The van der Waals surface area contributed by atoms with Crippen molar-refractivity contribution in [3.63, 3.8) is 0 Å². The number of nitrogens with one attached hydrogen (secondary N) is 2. The van der Waals surface area contributed by atoms with Gasteiger partial charge in [0.25, 0.3) is 11.8 Å². The highest BCUT2D eigenvalue weighted by atomic mass is 32.1. The molecule has 27 heavy (non-hydrogen) atoms. The fraction of sp³-hybridized carbons (Fsp3) is 0.105. The number of carbonyl (C=O) groups excluding carboxylic acids is 3. The number of amides is 3. The van der Waals surface area contributed by atoms with E-state index in [0.29, 0.717) is 11.3 Å².